The van der Waals surface area contributed by atoms with Crippen LogP contribution in [0, 0.1) is 0 Å². The average Bonchev–Trinajstić information content (AvgIpc) is 2.70. The summed E-state index contributed by atoms with van der Waals surface area (Å²) in [4.78, 5) is 35.5. The van der Waals surface area contributed by atoms with Crippen molar-refractivity contribution in [3.63, 3.8) is 0 Å². The van der Waals surface area contributed by atoms with Crippen LogP contribution in [0.5, 0.6) is 0 Å². The first-order chi connectivity index (χ1) is 13.9. The number of rotatable bonds is 9. The van der Waals surface area contributed by atoms with Crippen LogP contribution in [0.3, 0.4) is 0 Å². The maximum absolute atomic E-state index is 12.3. The summed E-state index contributed by atoms with van der Waals surface area (Å²) in [5.74, 6) is -0.733. The molecule has 0 aliphatic rings. The molecule has 2 aromatic carbocycles. The molecule has 0 heterocycles. The molecule has 0 aliphatic carbocycles. The van der Waals surface area contributed by atoms with Gasteiger partial charge in [-0.3, -0.25) is 14.4 Å². The van der Waals surface area contributed by atoms with Crippen LogP contribution in [-0.4, -0.2) is 30.4 Å². The Morgan fingerprint density at radius 3 is 2.24 bits per heavy atom. The van der Waals surface area contributed by atoms with Gasteiger partial charge in [0, 0.05) is 25.1 Å². The van der Waals surface area contributed by atoms with Gasteiger partial charge < -0.3 is 15.4 Å². The smallest absolute Gasteiger partial charge is 0.311 e. The van der Waals surface area contributed by atoms with Gasteiger partial charge in [-0.15, -0.1) is 0 Å². The van der Waals surface area contributed by atoms with Crippen molar-refractivity contribution in [2.24, 2.45) is 0 Å². The highest BCUT2D eigenvalue weighted by atomic mass is 16.5. The molecular formula is C23H28N2O4. The molecule has 0 spiro atoms. The van der Waals surface area contributed by atoms with Crippen molar-refractivity contribution in [2.45, 2.75) is 45.6 Å². The zero-order valence-corrected chi connectivity index (χ0v) is 17.1. The van der Waals surface area contributed by atoms with Crippen LogP contribution in [0.1, 0.15) is 44.2 Å². The van der Waals surface area contributed by atoms with E-state index in [2.05, 4.69) is 17.6 Å². The third-order valence-corrected chi connectivity index (χ3v) is 4.59. The lowest BCUT2D eigenvalue weighted by atomic mass is 9.96. The fourth-order valence-corrected chi connectivity index (χ4v) is 2.96. The molecule has 0 radical (unpaired) electrons. The summed E-state index contributed by atoms with van der Waals surface area (Å²) >= 11 is 0. The lowest BCUT2D eigenvalue weighted by Gasteiger charge is -2.18. The number of nitrogens with one attached hydrogen (secondary N) is 2. The summed E-state index contributed by atoms with van der Waals surface area (Å²) in [5, 5.41) is 5.53. The van der Waals surface area contributed by atoms with E-state index < -0.39 is 12.1 Å². The number of ether oxygens (including phenoxy) is 1. The van der Waals surface area contributed by atoms with Crippen molar-refractivity contribution >= 4 is 23.5 Å². The lowest BCUT2D eigenvalue weighted by Crippen LogP contribution is -2.38. The molecule has 0 saturated carbocycles. The molecule has 29 heavy (non-hydrogen) atoms. The minimum Gasteiger partial charge on any atom is -0.452 e. The summed E-state index contributed by atoms with van der Waals surface area (Å²) in [6.45, 7) is 5.56. The number of carbonyl (C=O) groups is 3. The van der Waals surface area contributed by atoms with E-state index in [1.807, 2.05) is 30.3 Å². The monoisotopic (exact) mass is 396 g/mol. The molecular weight excluding hydrogens is 368 g/mol. The van der Waals surface area contributed by atoms with Gasteiger partial charge in [-0.05, 0) is 36.6 Å². The quantitative estimate of drug-likeness (QED) is 0.636. The summed E-state index contributed by atoms with van der Waals surface area (Å²) < 4.78 is 5.26. The standard InChI is InChI=1S/C23H28N2O4/c1-4-19(20-8-6-5-7-9-20)15-24-23(28)16(2)29-22(27)14-18-10-12-21(13-11-18)25-17(3)26/h5-13,16,19H,4,14-15H2,1-3H3,(H,24,28)(H,25,26)/t16-,19+/m0/s1. The fraction of sp³-hybridized carbons (Fsp3) is 0.348. The molecule has 2 aromatic rings. The van der Waals surface area contributed by atoms with E-state index in [0.29, 0.717) is 12.2 Å². The predicted octanol–water partition coefficient (Wildman–Crippen LogP) is 3.43. The van der Waals surface area contributed by atoms with Gasteiger partial charge in [0.1, 0.15) is 0 Å². The topological polar surface area (TPSA) is 84.5 Å². The predicted molar refractivity (Wildman–Crippen MR) is 112 cm³/mol. The van der Waals surface area contributed by atoms with E-state index in [1.165, 1.54) is 12.5 Å². The van der Waals surface area contributed by atoms with Gasteiger partial charge in [0.25, 0.3) is 5.91 Å². The van der Waals surface area contributed by atoms with Crippen molar-refractivity contribution in [1.82, 2.24) is 5.32 Å². The average molecular weight is 396 g/mol. The molecule has 0 aromatic heterocycles. The molecule has 0 fully saturated rings. The third-order valence-electron chi connectivity index (χ3n) is 4.59. The number of amides is 2. The van der Waals surface area contributed by atoms with Gasteiger partial charge in [-0.25, -0.2) is 0 Å². The second-order valence-electron chi connectivity index (χ2n) is 6.95. The minimum absolute atomic E-state index is 0.0551. The second kappa shape index (κ2) is 11.0. The summed E-state index contributed by atoms with van der Waals surface area (Å²) in [5.41, 5.74) is 2.57. The Kier molecular flexibility index (Phi) is 8.40. The Hall–Kier alpha value is -3.15. The number of hydrogen-bond acceptors (Lipinski definition) is 4. The van der Waals surface area contributed by atoms with E-state index in [1.54, 1.807) is 31.2 Å². The number of esters is 1. The van der Waals surface area contributed by atoms with E-state index in [-0.39, 0.29) is 24.2 Å². The Balaban J connectivity index is 1.80. The maximum atomic E-state index is 12.3. The van der Waals surface area contributed by atoms with Crippen LogP contribution in [0.2, 0.25) is 0 Å². The lowest BCUT2D eigenvalue weighted by molar-refractivity contribution is -0.154. The van der Waals surface area contributed by atoms with E-state index >= 15 is 0 Å². The van der Waals surface area contributed by atoms with Gasteiger partial charge in [-0.2, -0.15) is 0 Å². The molecule has 2 rings (SSSR count). The molecule has 6 heteroatoms. The largest absolute Gasteiger partial charge is 0.452 e. The zero-order chi connectivity index (χ0) is 21.2. The molecule has 154 valence electrons. The summed E-state index contributed by atoms with van der Waals surface area (Å²) in [6.07, 6.45) is 0.0846. The highest BCUT2D eigenvalue weighted by Gasteiger charge is 2.19. The van der Waals surface area contributed by atoms with E-state index in [9.17, 15) is 14.4 Å². The molecule has 6 nitrogen and oxygen atoms in total. The van der Waals surface area contributed by atoms with Crippen molar-refractivity contribution < 1.29 is 19.1 Å². The van der Waals surface area contributed by atoms with Crippen LogP contribution in [-0.2, 0) is 25.5 Å². The maximum Gasteiger partial charge on any atom is 0.311 e. The number of benzene rings is 2. The van der Waals surface area contributed by atoms with Crippen LogP contribution < -0.4 is 10.6 Å². The molecule has 2 N–H and O–H groups in total. The van der Waals surface area contributed by atoms with Crippen LogP contribution in [0.4, 0.5) is 5.69 Å². The van der Waals surface area contributed by atoms with Crippen LogP contribution in [0.15, 0.2) is 54.6 Å². The van der Waals surface area contributed by atoms with Gasteiger partial charge in [0.05, 0.1) is 6.42 Å². The first-order valence-corrected chi connectivity index (χ1v) is 9.77. The number of anilines is 1. The highest BCUT2D eigenvalue weighted by molar-refractivity contribution is 5.88. The summed E-state index contributed by atoms with van der Waals surface area (Å²) in [6, 6.07) is 16.9. The van der Waals surface area contributed by atoms with Crippen molar-refractivity contribution in [1.29, 1.82) is 0 Å². The number of hydrogen-bond donors (Lipinski definition) is 2. The van der Waals surface area contributed by atoms with Crippen LogP contribution in [0.25, 0.3) is 0 Å². The molecule has 0 unspecified atom stereocenters. The van der Waals surface area contributed by atoms with Crippen molar-refractivity contribution in [3.05, 3.63) is 65.7 Å². The Morgan fingerprint density at radius 2 is 1.66 bits per heavy atom. The second-order valence-corrected chi connectivity index (χ2v) is 6.95. The van der Waals surface area contributed by atoms with E-state index in [0.717, 1.165) is 12.0 Å². The summed E-state index contributed by atoms with van der Waals surface area (Å²) in [7, 11) is 0. The molecule has 0 bridgehead atoms. The first-order valence-electron chi connectivity index (χ1n) is 9.77. The number of carbonyl (C=O) groups excluding carboxylic acids is 3. The van der Waals surface area contributed by atoms with Gasteiger partial charge >= 0.3 is 5.97 Å². The SMILES string of the molecule is CC[C@H](CNC(=O)[C@H](C)OC(=O)Cc1ccc(NC(C)=O)cc1)c1ccccc1. The first kappa shape index (κ1) is 22.1. The van der Waals surface area contributed by atoms with Gasteiger partial charge in [0.2, 0.25) is 5.91 Å². The normalized spacial score (nSPS) is 12.5. The molecule has 0 saturated heterocycles. The molecule has 0 aliphatic heterocycles. The molecule has 2 amide bonds. The third kappa shape index (κ3) is 7.41. The van der Waals surface area contributed by atoms with Crippen molar-refractivity contribution in [3.8, 4) is 0 Å². The molecule has 2 atom stereocenters. The fourth-order valence-electron chi connectivity index (χ4n) is 2.96. The van der Waals surface area contributed by atoms with Crippen molar-refractivity contribution in [2.75, 3.05) is 11.9 Å². The van der Waals surface area contributed by atoms with Gasteiger partial charge in [-0.1, -0.05) is 49.4 Å². The van der Waals surface area contributed by atoms with E-state index in [4.69, 9.17) is 4.74 Å². The Morgan fingerprint density at radius 1 is 1.00 bits per heavy atom. The minimum atomic E-state index is -0.866. The highest BCUT2D eigenvalue weighted by Crippen LogP contribution is 2.18. The Labute approximate surface area is 171 Å². The van der Waals surface area contributed by atoms with Crippen LogP contribution >= 0.6 is 0 Å². The Bertz CT molecular complexity index is 819. The zero-order valence-electron chi connectivity index (χ0n) is 17.1. The van der Waals surface area contributed by atoms with Gasteiger partial charge in [0.15, 0.2) is 6.10 Å².